The van der Waals surface area contributed by atoms with Gasteiger partial charge in [-0.05, 0) is 41.4 Å². The topological polar surface area (TPSA) is 75.6 Å². The molecule has 0 saturated heterocycles. The number of rotatable bonds is 3. The summed E-state index contributed by atoms with van der Waals surface area (Å²) in [5.41, 5.74) is 0.393. The Morgan fingerprint density at radius 3 is 2.73 bits per heavy atom. The second-order valence-corrected chi connectivity index (χ2v) is 6.44. The maximum absolute atomic E-state index is 14.0. The molecule has 1 aliphatic rings. The summed E-state index contributed by atoms with van der Waals surface area (Å²) in [6.45, 7) is 0.0460. The molecule has 1 aliphatic heterocycles. The lowest BCUT2D eigenvalue weighted by molar-refractivity contribution is 0.275. The first kappa shape index (κ1) is 15.0. The van der Waals surface area contributed by atoms with Crippen LogP contribution in [0, 0.1) is 11.6 Å². The Labute approximate surface area is 125 Å². The van der Waals surface area contributed by atoms with Crippen LogP contribution in [0.5, 0.6) is 0 Å². The van der Waals surface area contributed by atoms with E-state index in [0.717, 1.165) is 18.2 Å². The fraction of sp³-hybridized carbons (Fsp3) is 0.0769. The number of hydrogen-bond acceptors (Lipinski definition) is 4. The van der Waals surface area contributed by atoms with Crippen LogP contribution in [0.2, 0.25) is 0 Å². The maximum atomic E-state index is 14.0. The molecule has 1 heterocycles. The van der Waals surface area contributed by atoms with Gasteiger partial charge in [0.25, 0.3) is 10.0 Å². The fourth-order valence-corrected chi connectivity index (χ4v) is 3.25. The first-order chi connectivity index (χ1) is 10.4. The Morgan fingerprint density at radius 1 is 1.23 bits per heavy atom. The summed E-state index contributed by atoms with van der Waals surface area (Å²) in [5, 5.41) is 9.58. The van der Waals surface area contributed by atoms with E-state index in [1.807, 2.05) is 4.72 Å². The highest BCUT2D eigenvalue weighted by Gasteiger charge is 2.29. The molecule has 0 amide bonds. The summed E-state index contributed by atoms with van der Waals surface area (Å²) in [7, 11) is -5.37. The zero-order chi connectivity index (χ0) is 15.9. The summed E-state index contributed by atoms with van der Waals surface area (Å²) < 4.78 is 58.4. The van der Waals surface area contributed by atoms with E-state index in [2.05, 4.69) is 0 Å². The van der Waals surface area contributed by atoms with E-state index in [0.29, 0.717) is 11.0 Å². The van der Waals surface area contributed by atoms with Crippen molar-refractivity contribution in [1.82, 2.24) is 0 Å². The molecule has 0 spiro atoms. The third-order valence-corrected chi connectivity index (χ3v) is 4.61. The second kappa shape index (κ2) is 5.34. The Hall–Kier alpha value is -1.97. The Morgan fingerprint density at radius 2 is 2.00 bits per heavy atom. The van der Waals surface area contributed by atoms with E-state index < -0.39 is 28.8 Å². The molecule has 0 radical (unpaired) electrons. The van der Waals surface area contributed by atoms with Gasteiger partial charge in [-0.1, -0.05) is 6.07 Å². The van der Waals surface area contributed by atoms with E-state index in [4.69, 9.17) is 4.65 Å². The van der Waals surface area contributed by atoms with Gasteiger partial charge in [0, 0.05) is 0 Å². The van der Waals surface area contributed by atoms with Crippen molar-refractivity contribution >= 4 is 28.3 Å². The lowest BCUT2D eigenvalue weighted by atomic mass is 9.79. The highest BCUT2D eigenvalue weighted by molar-refractivity contribution is 7.92. The van der Waals surface area contributed by atoms with Crippen LogP contribution in [0.15, 0.2) is 41.3 Å². The molecular weight excluding hydrogens is 315 g/mol. The molecule has 0 fully saturated rings. The first-order valence-electron chi connectivity index (χ1n) is 6.27. The Bertz CT molecular complexity index is 844. The zero-order valence-electron chi connectivity index (χ0n) is 11.1. The van der Waals surface area contributed by atoms with Crippen molar-refractivity contribution in [3.05, 3.63) is 53.6 Å². The van der Waals surface area contributed by atoms with E-state index >= 15 is 0 Å². The lowest BCUT2D eigenvalue weighted by Gasteiger charge is -2.11. The van der Waals surface area contributed by atoms with Gasteiger partial charge in [-0.2, -0.15) is 0 Å². The van der Waals surface area contributed by atoms with Crippen molar-refractivity contribution in [2.45, 2.75) is 11.5 Å². The predicted octanol–water partition coefficient (Wildman–Crippen LogP) is 0.983. The molecule has 0 aliphatic carbocycles. The van der Waals surface area contributed by atoms with Crippen LogP contribution < -0.4 is 10.2 Å². The molecule has 2 N–H and O–H groups in total. The van der Waals surface area contributed by atoms with Gasteiger partial charge in [0.05, 0.1) is 17.2 Å². The van der Waals surface area contributed by atoms with Gasteiger partial charge >= 0.3 is 7.12 Å². The van der Waals surface area contributed by atoms with E-state index in [1.54, 1.807) is 0 Å². The number of halogens is 2. The van der Waals surface area contributed by atoms with Crippen LogP contribution in [-0.2, 0) is 21.3 Å². The fourth-order valence-electron chi connectivity index (χ4n) is 2.16. The highest BCUT2D eigenvalue weighted by Crippen LogP contribution is 2.22. The van der Waals surface area contributed by atoms with Gasteiger partial charge in [0.1, 0.15) is 11.6 Å². The zero-order valence-corrected chi connectivity index (χ0v) is 11.9. The van der Waals surface area contributed by atoms with Crippen LogP contribution >= 0.6 is 0 Å². The lowest BCUT2D eigenvalue weighted by Crippen LogP contribution is -2.29. The van der Waals surface area contributed by atoms with Crippen LogP contribution in [0.4, 0.5) is 14.5 Å². The van der Waals surface area contributed by atoms with E-state index in [1.165, 1.54) is 18.2 Å². The molecule has 0 aromatic heterocycles. The molecule has 9 heteroatoms. The average molecular weight is 325 g/mol. The molecule has 2 aromatic carbocycles. The van der Waals surface area contributed by atoms with Crippen molar-refractivity contribution in [2.75, 3.05) is 4.72 Å². The summed E-state index contributed by atoms with van der Waals surface area (Å²) in [4.78, 5) is -0.329. The number of sulfonamides is 1. The molecule has 0 atom stereocenters. The van der Waals surface area contributed by atoms with Crippen molar-refractivity contribution in [3.8, 4) is 0 Å². The van der Waals surface area contributed by atoms with Crippen LogP contribution in [0.1, 0.15) is 5.56 Å². The van der Waals surface area contributed by atoms with Crippen LogP contribution in [0.25, 0.3) is 0 Å². The van der Waals surface area contributed by atoms with Gasteiger partial charge in [-0.25, -0.2) is 17.2 Å². The largest absolute Gasteiger partial charge is 0.491 e. The molecule has 22 heavy (non-hydrogen) atoms. The molecule has 3 rings (SSSR count). The highest BCUT2D eigenvalue weighted by atomic mass is 32.2. The van der Waals surface area contributed by atoms with Gasteiger partial charge in [0.15, 0.2) is 0 Å². The second-order valence-electron chi connectivity index (χ2n) is 4.76. The molecule has 0 saturated carbocycles. The number of nitrogens with one attached hydrogen (secondary N) is 1. The standard InChI is InChI=1S/C13H10BF2NO4S/c15-9-2-1-3-10(5-9)22(19,20)17-13-6-11-8(4-12(13)16)7-21-14(11)18/h1-6,17-18H,7H2. The Balaban J connectivity index is 1.98. The Kier molecular flexibility index (Phi) is 3.63. The first-order valence-corrected chi connectivity index (χ1v) is 7.75. The molecular formula is C13H10BF2NO4S. The predicted molar refractivity (Wildman–Crippen MR) is 76.0 cm³/mol. The van der Waals surface area contributed by atoms with Crippen molar-refractivity contribution in [1.29, 1.82) is 0 Å². The number of anilines is 1. The van der Waals surface area contributed by atoms with E-state index in [-0.39, 0.29) is 17.2 Å². The van der Waals surface area contributed by atoms with E-state index in [9.17, 15) is 22.2 Å². The summed E-state index contributed by atoms with van der Waals surface area (Å²) >= 11 is 0. The third-order valence-electron chi connectivity index (χ3n) is 3.24. The van der Waals surface area contributed by atoms with Crippen molar-refractivity contribution in [2.24, 2.45) is 0 Å². The minimum atomic E-state index is -4.15. The van der Waals surface area contributed by atoms with Crippen molar-refractivity contribution in [3.63, 3.8) is 0 Å². The minimum absolute atomic E-state index is 0.0460. The van der Waals surface area contributed by atoms with Crippen LogP contribution in [0.3, 0.4) is 0 Å². The SMILES string of the molecule is O=S(=O)(Nc1cc2c(cc1F)COB2O)c1cccc(F)c1. The quantitative estimate of drug-likeness (QED) is 0.825. The maximum Gasteiger partial charge on any atom is 0.491 e. The van der Waals surface area contributed by atoms with Gasteiger partial charge < -0.3 is 9.68 Å². The molecule has 0 unspecified atom stereocenters. The van der Waals surface area contributed by atoms with Gasteiger partial charge in [-0.15, -0.1) is 0 Å². The smallest absolute Gasteiger partial charge is 0.423 e. The number of fused-ring (bicyclic) bond motifs is 1. The summed E-state index contributed by atoms with van der Waals surface area (Å²) in [6.07, 6.45) is 0. The van der Waals surface area contributed by atoms with Crippen molar-refractivity contribution < 1.29 is 26.9 Å². The minimum Gasteiger partial charge on any atom is -0.423 e. The van der Waals surface area contributed by atoms with Gasteiger partial charge in [0.2, 0.25) is 0 Å². The number of hydrogen-bond donors (Lipinski definition) is 2. The molecule has 114 valence electrons. The summed E-state index contributed by atoms with van der Waals surface area (Å²) in [6, 6.07) is 6.61. The van der Waals surface area contributed by atoms with Crippen LogP contribution in [-0.4, -0.2) is 20.6 Å². The van der Waals surface area contributed by atoms with Gasteiger partial charge in [-0.3, -0.25) is 4.72 Å². The molecule has 5 nitrogen and oxygen atoms in total. The average Bonchev–Trinajstić information content (AvgIpc) is 2.80. The molecule has 0 bridgehead atoms. The molecule has 2 aromatic rings. The summed E-state index contributed by atoms with van der Waals surface area (Å²) in [5.74, 6) is -1.53. The third kappa shape index (κ3) is 2.70. The number of benzene rings is 2. The monoisotopic (exact) mass is 325 g/mol. The normalized spacial score (nSPS) is 14.0.